The molecule has 0 N–H and O–H groups in total. The van der Waals surface area contributed by atoms with Gasteiger partial charge in [0.2, 0.25) is 0 Å². The van der Waals surface area contributed by atoms with Gasteiger partial charge in [0.05, 0.1) is 0 Å². The zero-order valence-corrected chi connectivity index (χ0v) is 11.0. The summed E-state index contributed by atoms with van der Waals surface area (Å²) in [7, 11) is 0. The summed E-state index contributed by atoms with van der Waals surface area (Å²) >= 11 is 5.30. The van der Waals surface area contributed by atoms with Crippen LogP contribution >= 0.6 is 11.6 Å². The molecule has 0 saturated heterocycles. The molecule has 1 radical (unpaired) electrons. The summed E-state index contributed by atoms with van der Waals surface area (Å²) in [6, 6.07) is 0. The average Bonchev–Trinajstić information content (AvgIpc) is 1.77. The van der Waals surface area contributed by atoms with E-state index in [1.54, 1.807) is 0 Å². The number of hydrogen-bond donors (Lipinski definition) is 0. The smallest absolute Gasteiger partial charge is 0.151 e. The molecule has 51 valence electrons. The van der Waals surface area contributed by atoms with Crippen LogP contribution in [0.15, 0.2) is 29.8 Å². The molecule has 0 heterocycles. The van der Waals surface area contributed by atoms with Gasteiger partial charge in [-0.3, -0.25) is 0 Å². The van der Waals surface area contributed by atoms with E-state index in [1.165, 1.54) is 18.2 Å². The number of halogens is 3. The largest absolute Gasteiger partial charge is 1.00 e. The summed E-state index contributed by atoms with van der Waals surface area (Å²) in [5.74, 6) is -0.398. The number of hydrogen-bond acceptors (Lipinski definition) is 0. The Morgan fingerprint density at radius 1 is 1.50 bits per heavy atom. The van der Waals surface area contributed by atoms with Crippen LogP contribution in [0.4, 0.5) is 4.39 Å². The van der Waals surface area contributed by atoms with Crippen molar-refractivity contribution in [3.05, 3.63) is 35.2 Å². The van der Waals surface area contributed by atoms with Gasteiger partial charge in [-0.15, -0.1) is 17.3 Å². The fourth-order valence-corrected chi connectivity index (χ4v) is 0.517. The van der Waals surface area contributed by atoms with E-state index in [-0.39, 0.29) is 48.8 Å². The molecule has 0 aromatic carbocycles. The summed E-state index contributed by atoms with van der Waals surface area (Å²) in [5, 5.41) is 0.118. The zero-order valence-electron chi connectivity index (χ0n) is 5.07. The van der Waals surface area contributed by atoms with Crippen molar-refractivity contribution in [1.29, 1.82) is 0 Å². The SMILES string of the molecule is FC1=CC=C=C[C]1Cl.[I-].[Zn]. The van der Waals surface area contributed by atoms with E-state index < -0.39 is 5.83 Å². The van der Waals surface area contributed by atoms with Crippen molar-refractivity contribution in [2.45, 2.75) is 0 Å². The third kappa shape index (κ3) is 3.87. The summed E-state index contributed by atoms with van der Waals surface area (Å²) in [4.78, 5) is 0. The van der Waals surface area contributed by atoms with Crippen molar-refractivity contribution in [2.75, 3.05) is 0 Å². The van der Waals surface area contributed by atoms with Gasteiger partial charge < -0.3 is 24.0 Å². The Hall–Kier alpha value is 0.833. The van der Waals surface area contributed by atoms with Crippen LogP contribution in [0.1, 0.15) is 0 Å². The van der Waals surface area contributed by atoms with Crippen LogP contribution in [0.3, 0.4) is 0 Å². The van der Waals surface area contributed by atoms with E-state index in [0.717, 1.165) is 0 Å². The van der Waals surface area contributed by atoms with Crippen molar-refractivity contribution in [3.8, 4) is 0 Å². The van der Waals surface area contributed by atoms with Crippen molar-refractivity contribution in [1.82, 2.24) is 0 Å². The quantitative estimate of drug-likeness (QED) is 0.316. The minimum absolute atomic E-state index is 0. The third-order valence-electron chi connectivity index (χ3n) is 0.764. The van der Waals surface area contributed by atoms with Crippen LogP contribution in [-0.2, 0) is 19.5 Å². The van der Waals surface area contributed by atoms with Gasteiger partial charge in [-0.25, -0.2) is 4.39 Å². The fourth-order valence-electron chi connectivity index (χ4n) is 0.391. The van der Waals surface area contributed by atoms with Crippen molar-refractivity contribution in [3.63, 3.8) is 0 Å². The molecule has 0 saturated carbocycles. The Morgan fingerprint density at radius 3 is 2.40 bits per heavy atom. The summed E-state index contributed by atoms with van der Waals surface area (Å²) in [6.45, 7) is 0. The molecule has 0 aromatic rings. The Morgan fingerprint density at radius 2 is 2.10 bits per heavy atom. The van der Waals surface area contributed by atoms with Crippen molar-refractivity contribution >= 4 is 11.6 Å². The van der Waals surface area contributed by atoms with Gasteiger partial charge in [0, 0.05) is 19.5 Å². The van der Waals surface area contributed by atoms with Crippen LogP contribution in [0.2, 0.25) is 0 Å². The minimum atomic E-state index is -0.398. The first-order valence-corrected chi connectivity index (χ1v) is 2.49. The molecular weight excluding hydrogens is 319 g/mol. The fraction of sp³-hybridized carbons (Fsp3) is 0. The van der Waals surface area contributed by atoms with Gasteiger partial charge in [-0.05, 0) is 18.2 Å². The summed E-state index contributed by atoms with van der Waals surface area (Å²) in [6.07, 6.45) is 4.13. The molecule has 0 amide bonds. The second-order valence-corrected chi connectivity index (χ2v) is 1.75. The third-order valence-corrected chi connectivity index (χ3v) is 1.05. The maximum Gasteiger partial charge on any atom is 0.151 e. The van der Waals surface area contributed by atoms with Crippen LogP contribution in [0.5, 0.6) is 0 Å². The monoisotopic (exact) mass is 320 g/mol. The van der Waals surface area contributed by atoms with Gasteiger partial charge >= 0.3 is 0 Å². The van der Waals surface area contributed by atoms with Gasteiger partial charge in [-0.2, -0.15) is 0 Å². The maximum absolute atomic E-state index is 12.2. The second kappa shape index (κ2) is 6.54. The predicted molar refractivity (Wildman–Crippen MR) is 30.9 cm³/mol. The molecule has 0 unspecified atom stereocenters. The average molecular weight is 322 g/mol. The Kier molecular flexibility index (Phi) is 8.78. The molecule has 0 atom stereocenters. The van der Waals surface area contributed by atoms with E-state index in [2.05, 4.69) is 5.73 Å². The Balaban J connectivity index is 0. The maximum atomic E-state index is 12.2. The summed E-state index contributed by atoms with van der Waals surface area (Å²) in [5.41, 5.74) is 2.63. The van der Waals surface area contributed by atoms with E-state index >= 15 is 0 Å². The molecule has 4 heteroatoms. The second-order valence-electron chi connectivity index (χ2n) is 1.34. The van der Waals surface area contributed by atoms with Gasteiger partial charge in [0.15, 0.2) is 5.38 Å². The summed E-state index contributed by atoms with van der Waals surface area (Å²) < 4.78 is 12.2. The molecule has 0 bridgehead atoms. The molecule has 0 fully saturated rings. The zero-order chi connectivity index (χ0) is 5.98. The molecule has 0 spiro atoms. The molecule has 0 aliphatic heterocycles. The van der Waals surface area contributed by atoms with E-state index in [9.17, 15) is 4.39 Å². The van der Waals surface area contributed by atoms with Gasteiger partial charge in [0.25, 0.3) is 0 Å². The standard InChI is InChI=1S/C6H3ClF.HI.Zn/c7-5-3-1-2-4-6(5)8;;/h2-4H;1H;/p-1. The molecule has 0 nitrogen and oxygen atoms in total. The van der Waals surface area contributed by atoms with E-state index in [1.807, 2.05) is 0 Å². The topological polar surface area (TPSA) is 0 Å². The molecule has 0 aromatic heterocycles. The number of rotatable bonds is 0. The first-order valence-electron chi connectivity index (χ1n) is 2.12. The molecule has 1 rings (SSSR count). The predicted octanol–water partition coefficient (Wildman–Crippen LogP) is -0.663. The molecule has 1 aliphatic rings. The van der Waals surface area contributed by atoms with Crippen LogP contribution < -0.4 is 24.0 Å². The van der Waals surface area contributed by atoms with Gasteiger partial charge in [-0.1, -0.05) is 0 Å². The molecule has 10 heavy (non-hydrogen) atoms. The first-order chi connectivity index (χ1) is 3.80. The Labute approximate surface area is 94.0 Å². The van der Waals surface area contributed by atoms with E-state index in [4.69, 9.17) is 11.6 Å². The van der Waals surface area contributed by atoms with Gasteiger partial charge in [0.1, 0.15) is 5.83 Å². The minimum Gasteiger partial charge on any atom is -1.00 e. The van der Waals surface area contributed by atoms with Crippen molar-refractivity contribution in [2.24, 2.45) is 0 Å². The Bertz CT molecular complexity index is 184. The normalized spacial score (nSPS) is 15.2. The van der Waals surface area contributed by atoms with Crippen LogP contribution in [0, 0.1) is 5.38 Å². The van der Waals surface area contributed by atoms with Crippen molar-refractivity contribution < 1.29 is 47.8 Å². The number of allylic oxidation sites excluding steroid dienone is 3. The van der Waals surface area contributed by atoms with E-state index in [0.29, 0.717) is 0 Å². The molecule has 1 aliphatic carbocycles. The first kappa shape index (κ1) is 13.4. The van der Waals surface area contributed by atoms with Crippen LogP contribution in [0.25, 0.3) is 0 Å². The molecular formula is C6H3ClFIZn-. The van der Waals surface area contributed by atoms with Crippen LogP contribution in [-0.4, -0.2) is 0 Å².